The van der Waals surface area contributed by atoms with E-state index in [9.17, 15) is 14.4 Å². The molecule has 0 aliphatic rings. The molecule has 0 atom stereocenters. The molecule has 8 heteroatoms. The maximum absolute atomic E-state index is 11.4. The molecular weight excluding hydrogens is 264 g/mol. The van der Waals surface area contributed by atoms with Crippen LogP contribution in [-0.2, 0) is 17.8 Å². The third-order valence-electron chi connectivity index (χ3n) is 2.62. The van der Waals surface area contributed by atoms with Crippen molar-refractivity contribution in [2.75, 3.05) is 5.32 Å². The second-order valence-electron chi connectivity index (χ2n) is 4.05. The smallest absolute Gasteiger partial charge is 0.342 e. The second-order valence-corrected chi connectivity index (χ2v) is 4.05. The Morgan fingerprint density at radius 3 is 2.60 bits per heavy atom. The molecule has 2 aromatic rings. The first-order valence-electron chi connectivity index (χ1n) is 5.77. The van der Waals surface area contributed by atoms with Crippen molar-refractivity contribution in [3.8, 4) is 0 Å². The van der Waals surface area contributed by atoms with Crippen LogP contribution in [-0.4, -0.2) is 26.3 Å². The Bertz CT molecular complexity index is 734. The average Bonchev–Trinajstić information content (AvgIpc) is 2.39. The van der Waals surface area contributed by atoms with E-state index in [-0.39, 0.29) is 18.8 Å². The van der Waals surface area contributed by atoms with Crippen LogP contribution >= 0.6 is 0 Å². The molecule has 0 radical (unpaired) electrons. The zero-order valence-corrected chi connectivity index (χ0v) is 10.3. The molecular formula is C12H12N4O4. The molecule has 0 bridgehead atoms. The molecule has 1 aromatic heterocycles. The summed E-state index contributed by atoms with van der Waals surface area (Å²) in [5.74, 6) is -0.966. The van der Waals surface area contributed by atoms with E-state index >= 15 is 0 Å². The molecule has 104 valence electrons. The molecule has 0 unspecified atom stereocenters. The average molecular weight is 276 g/mol. The van der Waals surface area contributed by atoms with Gasteiger partial charge in [0, 0.05) is 6.54 Å². The van der Waals surface area contributed by atoms with Crippen LogP contribution in [0.2, 0.25) is 0 Å². The minimum absolute atomic E-state index is 0.0327. The molecule has 0 saturated carbocycles. The molecule has 0 aliphatic heterocycles. The summed E-state index contributed by atoms with van der Waals surface area (Å²) in [6, 6.07) is 6.97. The SMILES string of the molecule is O=C(O)Cc1ccccc1CNc1n[nH]c(=O)[nH]c1=O. The Kier molecular flexibility index (Phi) is 3.94. The number of carboxylic acid groups (broad SMARTS) is 1. The van der Waals surface area contributed by atoms with Gasteiger partial charge in [-0.1, -0.05) is 24.3 Å². The third kappa shape index (κ3) is 3.31. The number of benzene rings is 1. The maximum atomic E-state index is 11.4. The van der Waals surface area contributed by atoms with Gasteiger partial charge in [0.15, 0.2) is 0 Å². The van der Waals surface area contributed by atoms with E-state index in [1.165, 1.54) is 0 Å². The second kappa shape index (κ2) is 5.83. The van der Waals surface area contributed by atoms with Crippen molar-refractivity contribution >= 4 is 11.8 Å². The number of aromatic amines is 2. The van der Waals surface area contributed by atoms with Crippen LogP contribution in [0, 0.1) is 0 Å². The quantitative estimate of drug-likeness (QED) is 0.593. The minimum Gasteiger partial charge on any atom is -0.481 e. The molecule has 8 nitrogen and oxygen atoms in total. The fourth-order valence-corrected chi connectivity index (χ4v) is 1.71. The van der Waals surface area contributed by atoms with Gasteiger partial charge in [0.2, 0.25) is 5.82 Å². The number of H-pyrrole nitrogens is 2. The number of aliphatic carboxylic acids is 1. The van der Waals surface area contributed by atoms with Crippen LogP contribution in [0.25, 0.3) is 0 Å². The standard InChI is InChI=1S/C12H12N4O4/c17-9(18)5-7-3-1-2-4-8(7)6-13-10-11(19)14-12(20)16-15-10/h1-4H,5-6H2,(H,13,15)(H,17,18)(H2,14,16,19,20). The van der Waals surface area contributed by atoms with E-state index in [4.69, 9.17) is 5.11 Å². The molecule has 0 amide bonds. The fraction of sp³-hybridized carbons (Fsp3) is 0.167. The molecule has 4 N–H and O–H groups in total. The summed E-state index contributed by atoms with van der Waals surface area (Å²) < 4.78 is 0. The van der Waals surface area contributed by atoms with Gasteiger partial charge in [-0.2, -0.15) is 0 Å². The summed E-state index contributed by atoms with van der Waals surface area (Å²) in [4.78, 5) is 35.1. The molecule has 20 heavy (non-hydrogen) atoms. The first-order chi connectivity index (χ1) is 9.56. The lowest BCUT2D eigenvalue weighted by Crippen LogP contribution is -2.26. The number of hydrogen-bond donors (Lipinski definition) is 4. The monoisotopic (exact) mass is 276 g/mol. The van der Waals surface area contributed by atoms with E-state index in [0.717, 1.165) is 5.56 Å². The van der Waals surface area contributed by atoms with Crippen LogP contribution in [0.1, 0.15) is 11.1 Å². The van der Waals surface area contributed by atoms with Gasteiger partial charge in [0.25, 0.3) is 5.56 Å². The van der Waals surface area contributed by atoms with Crippen molar-refractivity contribution in [2.45, 2.75) is 13.0 Å². The van der Waals surface area contributed by atoms with Crippen LogP contribution in [0.3, 0.4) is 0 Å². The van der Waals surface area contributed by atoms with E-state index < -0.39 is 17.2 Å². The van der Waals surface area contributed by atoms with Crippen molar-refractivity contribution in [2.24, 2.45) is 0 Å². The maximum Gasteiger partial charge on any atom is 0.342 e. The fourth-order valence-electron chi connectivity index (χ4n) is 1.71. The van der Waals surface area contributed by atoms with Gasteiger partial charge in [0.05, 0.1) is 6.42 Å². The van der Waals surface area contributed by atoms with Crippen molar-refractivity contribution in [3.63, 3.8) is 0 Å². The van der Waals surface area contributed by atoms with E-state index in [0.29, 0.717) is 5.56 Å². The van der Waals surface area contributed by atoms with Gasteiger partial charge in [-0.3, -0.25) is 14.6 Å². The predicted molar refractivity (Wildman–Crippen MR) is 70.6 cm³/mol. The Hall–Kier alpha value is -2.90. The number of anilines is 1. The summed E-state index contributed by atoms with van der Waals surface area (Å²) in [6.07, 6.45) is -0.104. The van der Waals surface area contributed by atoms with Gasteiger partial charge in [0.1, 0.15) is 0 Å². The van der Waals surface area contributed by atoms with Crippen molar-refractivity contribution < 1.29 is 9.90 Å². The number of rotatable bonds is 5. The lowest BCUT2D eigenvalue weighted by molar-refractivity contribution is -0.136. The summed E-state index contributed by atoms with van der Waals surface area (Å²) in [6.45, 7) is 0.228. The van der Waals surface area contributed by atoms with Gasteiger partial charge in [-0.15, -0.1) is 5.10 Å². The Labute approximate surface area is 112 Å². The minimum atomic E-state index is -0.933. The van der Waals surface area contributed by atoms with Crippen molar-refractivity contribution in [1.82, 2.24) is 15.2 Å². The molecule has 0 fully saturated rings. The first kappa shape index (κ1) is 13.5. The molecule has 0 saturated heterocycles. The van der Waals surface area contributed by atoms with Crippen LogP contribution in [0.5, 0.6) is 0 Å². The van der Waals surface area contributed by atoms with E-state index in [1.54, 1.807) is 24.3 Å². The van der Waals surface area contributed by atoms with Crippen molar-refractivity contribution in [1.29, 1.82) is 0 Å². The van der Waals surface area contributed by atoms with Gasteiger partial charge >= 0.3 is 11.7 Å². The number of aromatic nitrogens is 3. The van der Waals surface area contributed by atoms with Gasteiger partial charge in [-0.25, -0.2) is 9.89 Å². The Balaban J connectivity index is 2.16. The molecule has 2 rings (SSSR count). The molecule has 0 aliphatic carbocycles. The highest BCUT2D eigenvalue weighted by Gasteiger charge is 2.07. The van der Waals surface area contributed by atoms with Crippen LogP contribution < -0.4 is 16.6 Å². The first-order valence-corrected chi connectivity index (χ1v) is 5.77. The largest absolute Gasteiger partial charge is 0.481 e. The zero-order chi connectivity index (χ0) is 14.5. The molecule has 1 heterocycles. The highest BCUT2D eigenvalue weighted by Crippen LogP contribution is 2.10. The van der Waals surface area contributed by atoms with Crippen molar-refractivity contribution in [3.05, 3.63) is 56.2 Å². The highest BCUT2D eigenvalue weighted by atomic mass is 16.4. The lowest BCUT2D eigenvalue weighted by atomic mass is 10.0. The predicted octanol–water partition coefficient (Wildman–Crippen LogP) is -0.303. The number of nitrogens with zero attached hydrogens (tertiary/aromatic N) is 1. The Morgan fingerprint density at radius 1 is 1.25 bits per heavy atom. The van der Waals surface area contributed by atoms with E-state index in [1.807, 2.05) is 4.98 Å². The number of carboxylic acids is 1. The summed E-state index contributed by atoms with van der Waals surface area (Å²) in [5.41, 5.74) is 0.0620. The number of nitrogens with one attached hydrogen (secondary N) is 3. The Morgan fingerprint density at radius 2 is 1.95 bits per heavy atom. The van der Waals surface area contributed by atoms with E-state index in [2.05, 4.69) is 15.5 Å². The zero-order valence-electron chi connectivity index (χ0n) is 10.3. The summed E-state index contributed by atoms with van der Waals surface area (Å²) in [5, 5.41) is 17.3. The topological polar surface area (TPSA) is 128 Å². The molecule has 1 aromatic carbocycles. The molecule has 0 spiro atoms. The number of carbonyl (C=O) groups is 1. The highest BCUT2D eigenvalue weighted by molar-refractivity contribution is 5.70. The van der Waals surface area contributed by atoms with Gasteiger partial charge < -0.3 is 10.4 Å². The lowest BCUT2D eigenvalue weighted by Gasteiger charge is -2.08. The van der Waals surface area contributed by atoms with Crippen LogP contribution in [0.4, 0.5) is 5.82 Å². The van der Waals surface area contributed by atoms with Crippen LogP contribution in [0.15, 0.2) is 33.9 Å². The van der Waals surface area contributed by atoms with Gasteiger partial charge in [-0.05, 0) is 11.1 Å². The summed E-state index contributed by atoms with van der Waals surface area (Å²) in [7, 11) is 0. The normalized spacial score (nSPS) is 10.2. The third-order valence-corrected chi connectivity index (χ3v) is 2.62. The summed E-state index contributed by atoms with van der Waals surface area (Å²) >= 11 is 0. The number of hydrogen-bond acceptors (Lipinski definition) is 5.